The molecule has 0 saturated carbocycles. The summed E-state index contributed by atoms with van der Waals surface area (Å²) in [5.41, 5.74) is -0.113. The van der Waals surface area contributed by atoms with Crippen molar-refractivity contribution in [2.45, 2.75) is 46.1 Å². The average Bonchev–Trinajstić information content (AvgIpc) is 2.10. The third-order valence-electron chi connectivity index (χ3n) is 2.02. The Morgan fingerprint density at radius 1 is 1.19 bits per heavy atom. The Kier molecular flexibility index (Phi) is 6.18. The number of nitrogens with one attached hydrogen (secondary N) is 1. The summed E-state index contributed by atoms with van der Waals surface area (Å²) in [5, 5.41) is 3.05. The molecule has 0 aliphatic carbocycles. The molecule has 1 N–H and O–H groups in total. The third-order valence-corrected chi connectivity index (χ3v) is 3.88. The van der Waals surface area contributed by atoms with E-state index in [9.17, 15) is 13.2 Å². The van der Waals surface area contributed by atoms with Crippen molar-refractivity contribution in [1.82, 2.24) is 5.32 Å². The molecule has 0 spiro atoms. The molecular formula is C11H23NO3S. The van der Waals surface area contributed by atoms with Gasteiger partial charge in [-0.15, -0.1) is 0 Å². The van der Waals surface area contributed by atoms with E-state index in [4.69, 9.17) is 0 Å². The summed E-state index contributed by atoms with van der Waals surface area (Å²) in [6, 6.07) is 0. The lowest BCUT2D eigenvalue weighted by Gasteiger charge is -2.19. The van der Waals surface area contributed by atoms with Crippen molar-refractivity contribution in [3.8, 4) is 0 Å². The highest BCUT2D eigenvalue weighted by molar-refractivity contribution is 7.91. The minimum atomic E-state index is -3.03. The number of rotatable bonds is 7. The minimum absolute atomic E-state index is 0.0223. The van der Waals surface area contributed by atoms with Crippen LogP contribution in [-0.2, 0) is 14.6 Å². The fraction of sp³-hybridized carbons (Fsp3) is 0.909. The van der Waals surface area contributed by atoms with Gasteiger partial charge in [0.05, 0.1) is 12.3 Å². The van der Waals surface area contributed by atoms with Crippen LogP contribution in [0.5, 0.6) is 0 Å². The molecule has 0 fully saturated rings. The number of Topliss-reactive ketones (excluding diaryl/α,β-unsaturated/α-hetero) is 1. The molecular weight excluding hydrogens is 226 g/mol. The SMILES string of the molecule is CCCS(=O)(=O)CCC(=O)CNC(C)(C)C. The zero-order chi connectivity index (χ0) is 12.8. The van der Waals surface area contributed by atoms with Gasteiger partial charge in [-0.1, -0.05) is 6.92 Å². The van der Waals surface area contributed by atoms with Crippen LogP contribution < -0.4 is 5.32 Å². The van der Waals surface area contributed by atoms with Crippen LogP contribution in [0.2, 0.25) is 0 Å². The molecule has 0 rings (SSSR count). The van der Waals surface area contributed by atoms with Crippen LogP contribution in [0, 0.1) is 0 Å². The van der Waals surface area contributed by atoms with E-state index in [0.717, 1.165) is 0 Å². The van der Waals surface area contributed by atoms with Gasteiger partial charge in [0.25, 0.3) is 0 Å². The van der Waals surface area contributed by atoms with E-state index in [1.807, 2.05) is 27.7 Å². The molecule has 0 heterocycles. The molecule has 16 heavy (non-hydrogen) atoms. The maximum Gasteiger partial charge on any atom is 0.150 e. The van der Waals surface area contributed by atoms with E-state index in [1.54, 1.807) is 0 Å². The Morgan fingerprint density at radius 3 is 2.19 bits per heavy atom. The zero-order valence-corrected chi connectivity index (χ0v) is 11.5. The van der Waals surface area contributed by atoms with Crippen LogP contribution in [-0.4, -0.2) is 37.8 Å². The highest BCUT2D eigenvalue weighted by Crippen LogP contribution is 2.00. The summed E-state index contributed by atoms with van der Waals surface area (Å²) in [7, 11) is -3.03. The quantitative estimate of drug-likeness (QED) is 0.735. The van der Waals surface area contributed by atoms with Crippen molar-refractivity contribution in [2.24, 2.45) is 0 Å². The first-order valence-corrected chi connectivity index (χ1v) is 7.45. The second-order valence-electron chi connectivity index (χ2n) is 5.04. The molecule has 0 aromatic heterocycles. The Bertz CT molecular complexity index is 315. The number of carbonyl (C=O) groups is 1. The fourth-order valence-electron chi connectivity index (χ4n) is 1.13. The molecule has 0 aliphatic rings. The summed E-state index contributed by atoms with van der Waals surface area (Å²) in [6.07, 6.45) is 0.724. The molecule has 0 bridgehead atoms. The number of carbonyl (C=O) groups excluding carboxylic acids is 1. The molecule has 0 amide bonds. The molecule has 0 radical (unpaired) electrons. The summed E-state index contributed by atoms with van der Waals surface area (Å²) in [5.74, 6) is 0.105. The van der Waals surface area contributed by atoms with Crippen molar-refractivity contribution in [3.63, 3.8) is 0 Å². The van der Waals surface area contributed by atoms with Gasteiger partial charge in [-0.25, -0.2) is 8.42 Å². The van der Waals surface area contributed by atoms with E-state index in [2.05, 4.69) is 5.32 Å². The van der Waals surface area contributed by atoms with Crippen molar-refractivity contribution in [3.05, 3.63) is 0 Å². The standard InChI is InChI=1S/C11H23NO3S/c1-5-7-16(14,15)8-6-10(13)9-12-11(2,3)4/h12H,5-9H2,1-4H3. The molecule has 0 aliphatic heterocycles. The molecule has 0 saturated heterocycles. The first kappa shape index (κ1) is 15.6. The molecule has 5 heteroatoms. The van der Waals surface area contributed by atoms with Crippen molar-refractivity contribution in [2.75, 3.05) is 18.1 Å². The van der Waals surface area contributed by atoms with Crippen LogP contribution in [0.3, 0.4) is 0 Å². The maximum absolute atomic E-state index is 11.4. The van der Waals surface area contributed by atoms with Gasteiger partial charge in [0, 0.05) is 17.7 Å². The number of hydrogen-bond donors (Lipinski definition) is 1. The second kappa shape index (κ2) is 6.35. The second-order valence-corrected chi connectivity index (χ2v) is 7.35. The van der Waals surface area contributed by atoms with Crippen LogP contribution in [0.1, 0.15) is 40.5 Å². The molecule has 0 atom stereocenters. The van der Waals surface area contributed by atoms with Gasteiger partial charge in [0.1, 0.15) is 5.78 Å². The number of hydrogen-bond acceptors (Lipinski definition) is 4. The summed E-state index contributed by atoms with van der Waals surface area (Å²) in [6.45, 7) is 7.96. The fourth-order valence-corrected chi connectivity index (χ4v) is 2.50. The minimum Gasteiger partial charge on any atom is -0.305 e. The van der Waals surface area contributed by atoms with Gasteiger partial charge in [0.2, 0.25) is 0 Å². The van der Waals surface area contributed by atoms with Gasteiger partial charge >= 0.3 is 0 Å². The molecule has 96 valence electrons. The smallest absolute Gasteiger partial charge is 0.150 e. The predicted octanol–water partition coefficient (Wildman–Crippen LogP) is 1.16. The molecule has 4 nitrogen and oxygen atoms in total. The zero-order valence-electron chi connectivity index (χ0n) is 10.7. The van der Waals surface area contributed by atoms with E-state index < -0.39 is 9.84 Å². The van der Waals surface area contributed by atoms with Crippen molar-refractivity contribution < 1.29 is 13.2 Å². The van der Waals surface area contributed by atoms with Crippen LogP contribution in [0.4, 0.5) is 0 Å². The predicted molar refractivity (Wildman–Crippen MR) is 66.3 cm³/mol. The van der Waals surface area contributed by atoms with E-state index >= 15 is 0 Å². The van der Waals surface area contributed by atoms with E-state index in [-0.39, 0.29) is 35.8 Å². The van der Waals surface area contributed by atoms with E-state index in [1.165, 1.54) is 0 Å². The highest BCUT2D eigenvalue weighted by Gasteiger charge is 2.14. The highest BCUT2D eigenvalue weighted by atomic mass is 32.2. The first-order valence-electron chi connectivity index (χ1n) is 5.63. The average molecular weight is 249 g/mol. The van der Waals surface area contributed by atoms with E-state index in [0.29, 0.717) is 6.42 Å². The lowest BCUT2D eigenvalue weighted by Crippen LogP contribution is -2.39. The first-order chi connectivity index (χ1) is 7.16. The van der Waals surface area contributed by atoms with Gasteiger partial charge in [0.15, 0.2) is 9.84 Å². The lowest BCUT2D eigenvalue weighted by atomic mass is 10.1. The Morgan fingerprint density at radius 2 is 1.75 bits per heavy atom. The van der Waals surface area contributed by atoms with Crippen molar-refractivity contribution in [1.29, 1.82) is 0 Å². The third kappa shape index (κ3) is 8.85. The van der Waals surface area contributed by atoms with Gasteiger partial charge < -0.3 is 5.32 Å². The van der Waals surface area contributed by atoms with Crippen LogP contribution in [0.15, 0.2) is 0 Å². The number of ketones is 1. The Labute approximate surface area is 98.7 Å². The molecule has 0 aromatic rings. The van der Waals surface area contributed by atoms with Gasteiger partial charge in [-0.2, -0.15) is 0 Å². The topological polar surface area (TPSA) is 63.2 Å². The Balaban J connectivity index is 3.91. The summed E-state index contributed by atoms with van der Waals surface area (Å²) in [4.78, 5) is 11.4. The normalized spacial score (nSPS) is 12.8. The largest absolute Gasteiger partial charge is 0.305 e. The summed E-state index contributed by atoms with van der Waals surface area (Å²) < 4.78 is 22.7. The molecule has 0 aromatic carbocycles. The Hall–Kier alpha value is -0.420. The monoisotopic (exact) mass is 249 g/mol. The molecule has 0 unspecified atom stereocenters. The van der Waals surface area contributed by atoms with Gasteiger partial charge in [-0.05, 0) is 27.2 Å². The van der Waals surface area contributed by atoms with Crippen molar-refractivity contribution >= 4 is 15.6 Å². The number of sulfone groups is 1. The summed E-state index contributed by atoms with van der Waals surface area (Å²) >= 11 is 0. The lowest BCUT2D eigenvalue weighted by molar-refractivity contribution is -0.118. The van der Waals surface area contributed by atoms with Crippen LogP contribution >= 0.6 is 0 Å². The van der Waals surface area contributed by atoms with Gasteiger partial charge in [-0.3, -0.25) is 4.79 Å². The maximum atomic E-state index is 11.4. The van der Waals surface area contributed by atoms with Crippen LogP contribution in [0.25, 0.3) is 0 Å².